The minimum atomic E-state index is -0.484. The van der Waals surface area contributed by atoms with Crippen LogP contribution >= 0.6 is 11.3 Å². The van der Waals surface area contributed by atoms with Crippen LogP contribution in [0.15, 0.2) is 42.5 Å². The maximum atomic E-state index is 12.6. The summed E-state index contributed by atoms with van der Waals surface area (Å²) in [6, 6.07) is 11.0. The number of rotatable bonds is 6. The summed E-state index contributed by atoms with van der Waals surface area (Å²) in [6.07, 6.45) is 0. The Morgan fingerprint density at radius 3 is 2.63 bits per heavy atom. The van der Waals surface area contributed by atoms with Gasteiger partial charge in [-0.25, -0.2) is 0 Å². The van der Waals surface area contributed by atoms with Gasteiger partial charge in [-0.1, -0.05) is 29.5 Å². The van der Waals surface area contributed by atoms with Crippen LogP contribution in [0.1, 0.15) is 10.4 Å². The van der Waals surface area contributed by atoms with Crippen molar-refractivity contribution in [3.63, 3.8) is 0 Å². The molecule has 0 saturated heterocycles. The maximum Gasteiger partial charge on any atom is 0.270 e. The summed E-state index contributed by atoms with van der Waals surface area (Å²) < 4.78 is 10.4. The highest BCUT2D eigenvalue weighted by atomic mass is 32.1. The van der Waals surface area contributed by atoms with E-state index in [1.165, 1.54) is 26.4 Å². The minimum Gasteiger partial charge on any atom is -0.493 e. The van der Waals surface area contributed by atoms with E-state index in [0.29, 0.717) is 22.1 Å². The fourth-order valence-electron chi connectivity index (χ4n) is 2.37. The molecule has 1 aromatic heterocycles. The fourth-order valence-corrected chi connectivity index (χ4v) is 3.11. The lowest BCUT2D eigenvalue weighted by molar-refractivity contribution is -0.384. The van der Waals surface area contributed by atoms with E-state index in [2.05, 4.69) is 15.5 Å². The standard InChI is InChI=1S/C17H14N4O5S/c1-25-13-8-4-7-12(14(13)26-2)15(22)18-17-20-19-16(27-17)10-5-3-6-11(9-10)21(23)24/h3-9H,1-2H3,(H,18,20,22). The van der Waals surface area contributed by atoms with E-state index in [9.17, 15) is 14.9 Å². The van der Waals surface area contributed by atoms with E-state index in [-0.39, 0.29) is 16.4 Å². The lowest BCUT2D eigenvalue weighted by atomic mass is 10.1. The van der Waals surface area contributed by atoms with E-state index in [1.807, 2.05) is 0 Å². The molecule has 1 amide bonds. The van der Waals surface area contributed by atoms with Gasteiger partial charge in [-0.2, -0.15) is 0 Å². The second-order valence-corrected chi connectivity index (χ2v) is 6.19. The molecular weight excluding hydrogens is 372 g/mol. The number of carbonyl (C=O) groups is 1. The van der Waals surface area contributed by atoms with Gasteiger partial charge in [0, 0.05) is 17.7 Å². The molecule has 0 aliphatic carbocycles. The molecule has 0 atom stereocenters. The highest BCUT2D eigenvalue weighted by molar-refractivity contribution is 7.18. The number of nitro benzene ring substituents is 1. The minimum absolute atomic E-state index is 0.0468. The number of carbonyl (C=O) groups excluding carboxylic acids is 1. The molecule has 0 saturated carbocycles. The molecule has 3 aromatic rings. The smallest absolute Gasteiger partial charge is 0.270 e. The monoisotopic (exact) mass is 386 g/mol. The second kappa shape index (κ2) is 7.79. The Bertz CT molecular complexity index is 1000. The molecule has 0 aliphatic rings. The lowest BCUT2D eigenvalue weighted by Crippen LogP contribution is -2.13. The molecular formula is C17H14N4O5S. The summed E-state index contributed by atoms with van der Waals surface area (Å²) in [7, 11) is 2.93. The van der Waals surface area contributed by atoms with Crippen molar-refractivity contribution in [3.8, 4) is 22.1 Å². The lowest BCUT2D eigenvalue weighted by Gasteiger charge is -2.11. The topological polar surface area (TPSA) is 116 Å². The van der Waals surface area contributed by atoms with Crippen LogP contribution in [0.5, 0.6) is 11.5 Å². The zero-order chi connectivity index (χ0) is 19.4. The molecule has 0 spiro atoms. The number of hydrogen-bond acceptors (Lipinski definition) is 8. The number of amides is 1. The average molecular weight is 386 g/mol. The zero-order valence-corrected chi connectivity index (χ0v) is 15.1. The Morgan fingerprint density at radius 1 is 1.15 bits per heavy atom. The van der Waals surface area contributed by atoms with Gasteiger partial charge in [0.15, 0.2) is 11.5 Å². The average Bonchev–Trinajstić information content (AvgIpc) is 3.15. The maximum absolute atomic E-state index is 12.6. The molecule has 0 bridgehead atoms. The van der Waals surface area contributed by atoms with Crippen molar-refractivity contribution in [1.82, 2.24) is 10.2 Å². The molecule has 9 nitrogen and oxygen atoms in total. The highest BCUT2D eigenvalue weighted by Crippen LogP contribution is 2.32. The van der Waals surface area contributed by atoms with Crippen LogP contribution < -0.4 is 14.8 Å². The van der Waals surface area contributed by atoms with Gasteiger partial charge in [0.25, 0.3) is 11.6 Å². The summed E-state index contributed by atoms with van der Waals surface area (Å²) in [6.45, 7) is 0. The van der Waals surface area contributed by atoms with Crippen molar-refractivity contribution < 1.29 is 19.2 Å². The number of nitrogens with one attached hydrogen (secondary N) is 1. The second-order valence-electron chi connectivity index (χ2n) is 5.22. The van der Waals surface area contributed by atoms with Gasteiger partial charge in [-0.05, 0) is 12.1 Å². The third-order valence-corrected chi connectivity index (χ3v) is 4.48. The molecule has 0 unspecified atom stereocenters. The number of benzene rings is 2. The number of para-hydroxylation sites is 1. The summed E-state index contributed by atoms with van der Waals surface area (Å²) in [5.74, 6) is 0.299. The van der Waals surface area contributed by atoms with E-state index in [4.69, 9.17) is 9.47 Å². The summed E-state index contributed by atoms with van der Waals surface area (Å²) >= 11 is 1.10. The number of non-ortho nitro benzene ring substituents is 1. The summed E-state index contributed by atoms with van der Waals surface area (Å²) in [5.41, 5.74) is 0.777. The fraction of sp³-hybridized carbons (Fsp3) is 0.118. The van der Waals surface area contributed by atoms with E-state index >= 15 is 0 Å². The number of hydrogen-bond donors (Lipinski definition) is 1. The van der Waals surface area contributed by atoms with Crippen molar-refractivity contribution in [2.45, 2.75) is 0 Å². The highest BCUT2D eigenvalue weighted by Gasteiger charge is 2.18. The largest absolute Gasteiger partial charge is 0.493 e. The van der Waals surface area contributed by atoms with Crippen LogP contribution in [0.25, 0.3) is 10.6 Å². The van der Waals surface area contributed by atoms with Gasteiger partial charge >= 0.3 is 0 Å². The molecule has 27 heavy (non-hydrogen) atoms. The summed E-state index contributed by atoms with van der Waals surface area (Å²) in [5, 5.41) is 22.2. The molecule has 138 valence electrons. The van der Waals surface area contributed by atoms with Gasteiger partial charge in [-0.3, -0.25) is 20.2 Å². The van der Waals surface area contributed by atoms with Crippen LogP contribution in [-0.4, -0.2) is 35.2 Å². The Kier molecular flexibility index (Phi) is 5.27. The normalized spacial score (nSPS) is 10.3. The first-order chi connectivity index (χ1) is 13.0. The zero-order valence-electron chi connectivity index (χ0n) is 14.3. The first-order valence-electron chi connectivity index (χ1n) is 7.64. The van der Waals surface area contributed by atoms with E-state index in [0.717, 1.165) is 11.3 Å². The molecule has 0 fully saturated rings. The molecule has 2 aromatic carbocycles. The van der Waals surface area contributed by atoms with Gasteiger partial charge < -0.3 is 9.47 Å². The van der Waals surface area contributed by atoms with Gasteiger partial charge in [0.05, 0.1) is 24.7 Å². The van der Waals surface area contributed by atoms with E-state index < -0.39 is 10.8 Å². The van der Waals surface area contributed by atoms with Crippen LogP contribution in [0.2, 0.25) is 0 Å². The molecule has 0 aliphatic heterocycles. The SMILES string of the molecule is COc1cccc(C(=O)Nc2nnc(-c3cccc([N+](=O)[O-])c3)s2)c1OC. The van der Waals surface area contributed by atoms with Crippen LogP contribution in [0, 0.1) is 10.1 Å². The Morgan fingerprint density at radius 2 is 1.93 bits per heavy atom. The van der Waals surface area contributed by atoms with Crippen LogP contribution in [0.3, 0.4) is 0 Å². The number of methoxy groups -OCH3 is 2. The molecule has 3 rings (SSSR count). The molecule has 0 radical (unpaired) electrons. The van der Waals surface area contributed by atoms with E-state index in [1.54, 1.807) is 30.3 Å². The molecule has 1 N–H and O–H groups in total. The first kappa shape index (κ1) is 18.3. The van der Waals surface area contributed by atoms with Crippen molar-refractivity contribution in [1.29, 1.82) is 0 Å². The van der Waals surface area contributed by atoms with Crippen LogP contribution in [-0.2, 0) is 0 Å². The Labute approximate surface area is 157 Å². The number of aromatic nitrogens is 2. The summed E-state index contributed by atoms with van der Waals surface area (Å²) in [4.78, 5) is 23.0. The predicted molar refractivity (Wildman–Crippen MR) is 99.5 cm³/mol. The van der Waals surface area contributed by atoms with Crippen molar-refractivity contribution in [2.24, 2.45) is 0 Å². The van der Waals surface area contributed by atoms with Gasteiger partial charge in [-0.15, -0.1) is 10.2 Å². The number of anilines is 1. The van der Waals surface area contributed by atoms with Crippen LogP contribution in [0.4, 0.5) is 10.8 Å². The Hall–Kier alpha value is -3.53. The number of nitro groups is 1. The third kappa shape index (κ3) is 3.85. The van der Waals surface area contributed by atoms with Crippen molar-refractivity contribution in [2.75, 3.05) is 19.5 Å². The predicted octanol–water partition coefficient (Wildman–Crippen LogP) is 3.38. The quantitative estimate of drug-likeness (QED) is 0.510. The van der Waals surface area contributed by atoms with Gasteiger partial charge in [0.2, 0.25) is 5.13 Å². The molecule has 10 heteroatoms. The van der Waals surface area contributed by atoms with Gasteiger partial charge in [0.1, 0.15) is 5.01 Å². The van der Waals surface area contributed by atoms with Crippen molar-refractivity contribution in [3.05, 3.63) is 58.1 Å². The third-order valence-electron chi connectivity index (χ3n) is 3.60. The molecule has 1 heterocycles. The number of nitrogens with zero attached hydrogens (tertiary/aromatic N) is 3. The first-order valence-corrected chi connectivity index (χ1v) is 8.45. The number of ether oxygens (including phenoxy) is 2. The Balaban J connectivity index is 1.83. The van der Waals surface area contributed by atoms with Crippen molar-refractivity contribution >= 4 is 28.1 Å².